The Morgan fingerprint density at radius 2 is 2.03 bits per heavy atom. The van der Waals surface area contributed by atoms with Gasteiger partial charge in [0.25, 0.3) is 0 Å². The van der Waals surface area contributed by atoms with Crippen LogP contribution in [-0.2, 0) is 16.6 Å². The zero-order valence-electron chi connectivity index (χ0n) is 20.2. The maximum absolute atomic E-state index is 13.2. The summed E-state index contributed by atoms with van der Waals surface area (Å²) in [6.07, 6.45) is 14.0. The summed E-state index contributed by atoms with van der Waals surface area (Å²) in [5.41, 5.74) is 8.79. The van der Waals surface area contributed by atoms with Crippen LogP contribution in [0.1, 0.15) is 62.3 Å². The highest BCUT2D eigenvalue weighted by Crippen LogP contribution is 2.45. The zero-order valence-corrected chi connectivity index (χ0v) is 20.2. The fraction of sp³-hybridized carbons (Fsp3) is 0.370. The Labute approximate surface area is 208 Å². The van der Waals surface area contributed by atoms with Crippen molar-refractivity contribution >= 4 is 23.2 Å². The number of aromatic hydroxyl groups is 1. The largest absolute Gasteiger partial charge is 0.508 e. The summed E-state index contributed by atoms with van der Waals surface area (Å²) in [7, 11) is 0. The molecule has 1 amide bonds. The maximum Gasteiger partial charge on any atom is 0.240 e. The fourth-order valence-corrected chi connectivity index (χ4v) is 5.70. The highest BCUT2D eigenvalue weighted by atomic mass is 16.3. The van der Waals surface area contributed by atoms with Crippen LogP contribution in [0.3, 0.4) is 0 Å². The lowest BCUT2D eigenvalue weighted by atomic mass is 9.77. The first-order chi connectivity index (χ1) is 17.4. The average molecular weight is 484 g/mol. The van der Waals surface area contributed by atoms with Crippen molar-refractivity contribution in [3.05, 3.63) is 59.7 Å². The van der Waals surface area contributed by atoms with Gasteiger partial charge in [-0.2, -0.15) is 0 Å². The Balaban J connectivity index is 1.39. The molecule has 1 fully saturated rings. The highest BCUT2D eigenvalue weighted by Gasteiger charge is 2.47. The van der Waals surface area contributed by atoms with E-state index in [0.717, 1.165) is 30.1 Å². The number of imidazole rings is 1. The number of nitrogens with zero attached hydrogens (tertiary/aromatic N) is 5. The summed E-state index contributed by atoms with van der Waals surface area (Å²) in [5.74, 6) is 1.45. The Morgan fingerprint density at radius 3 is 2.83 bits per heavy atom. The number of nitrogens with two attached hydrogens (primary N) is 1. The molecule has 3 aromatic heterocycles. The van der Waals surface area contributed by atoms with Crippen molar-refractivity contribution in [2.45, 2.75) is 57.3 Å². The minimum atomic E-state index is -1.12. The molecule has 6 rings (SSSR count). The topological polar surface area (TPSA) is 131 Å². The predicted molar refractivity (Wildman–Crippen MR) is 137 cm³/mol. The molecule has 1 aromatic carbocycles. The van der Waals surface area contributed by atoms with E-state index in [9.17, 15) is 9.90 Å². The molecule has 0 spiro atoms. The number of aryl methyl sites for hydroxylation is 1. The van der Waals surface area contributed by atoms with E-state index in [1.165, 1.54) is 32.1 Å². The van der Waals surface area contributed by atoms with Crippen LogP contribution in [0.15, 0.2) is 42.9 Å². The van der Waals surface area contributed by atoms with Gasteiger partial charge in [0.05, 0.1) is 11.3 Å². The molecule has 184 valence electrons. The van der Waals surface area contributed by atoms with Gasteiger partial charge in [-0.05, 0) is 43.4 Å². The van der Waals surface area contributed by atoms with Crippen LogP contribution in [-0.4, -0.2) is 35.4 Å². The Bertz CT molecular complexity index is 1470. The van der Waals surface area contributed by atoms with Gasteiger partial charge in [-0.3, -0.25) is 4.79 Å². The number of phenols is 1. The molecule has 9 nitrogen and oxygen atoms in total. The van der Waals surface area contributed by atoms with Gasteiger partial charge in [0, 0.05) is 18.6 Å². The summed E-state index contributed by atoms with van der Waals surface area (Å²) < 4.78 is 1.95. The minimum absolute atomic E-state index is 0.0738. The van der Waals surface area contributed by atoms with Gasteiger partial charge in [0.1, 0.15) is 28.5 Å². The lowest BCUT2D eigenvalue weighted by molar-refractivity contribution is -0.119. The summed E-state index contributed by atoms with van der Waals surface area (Å²) in [6.45, 7) is 1.77. The molecule has 9 heteroatoms. The third-order valence-corrected chi connectivity index (χ3v) is 7.73. The predicted octanol–water partition coefficient (Wildman–Crippen LogP) is 4.25. The van der Waals surface area contributed by atoms with Crippen LogP contribution >= 0.6 is 0 Å². The number of rotatable bonds is 5. The number of nitrogens with one attached hydrogen (secondary N) is 1. The van der Waals surface area contributed by atoms with E-state index in [0.29, 0.717) is 28.5 Å². The van der Waals surface area contributed by atoms with Gasteiger partial charge >= 0.3 is 0 Å². The molecule has 4 heterocycles. The molecule has 1 saturated carbocycles. The number of fused-ring (bicyclic) bond motifs is 2. The van der Waals surface area contributed by atoms with E-state index in [-0.39, 0.29) is 17.5 Å². The number of aromatic nitrogens is 5. The van der Waals surface area contributed by atoms with Crippen molar-refractivity contribution in [3.8, 4) is 17.3 Å². The fourth-order valence-electron chi connectivity index (χ4n) is 5.70. The van der Waals surface area contributed by atoms with E-state index in [1.807, 2.05) is 16.8 Å². The van der Waals surface area contributed by atoms with E-state index >= 15 is 0 Å². The van der Waals surface area contributed by atoms with Crippen LogP contribution in [0.5, 0.6) is 5.75 Å². The number of carbonyl (C=O) groups is 1. The molecular weight excluding hydrogens is 454 g/mol. The van der Waals surface area contributed by atoms with Gasteiger partial charge in [0.2, 0.25) is 5.91 Å². The third kappa shape index (κ3) is 3.66. The lowest BCUT2D eigenvalue weighted by Crippen LogP contribution is -2.32. The van der Waals surface area contributed by atoms with Crippen LogP contribution < -0.4 is 11.1 Å². The molecule has 1 atom stereocenters. The zero-order chi connectivity index (χ0) is 24.9. The molecule has 1 aliphatic heterocycles. The first-order valence-corrected chi connectivity index (χ1v) is 12.6. The molecule has 0 radical (unpaired) electrons. The van der Waals surface area contributed by atoms with E-state index in [1.54, 1.807) is 37.4 Å². The standard InChI is InChI=1S/C27H29N7O2/c1-27(17-8-5-9-18(35)14-17)21-22(28)31-23(32-24(21)33-26(27)36)20-15-34-13-12-29-25(34)19(30-20)11-10-16-6-3-2-4-7-16/h5,8-9,12-16,35H,2-4,6-7,10-11H2,1H3,(H3,28,31,32,33,36)/t27-/m0/s1. The van der Waals surface area contributed by atoms with Gasteiger partial charge < -0.3 is 20.6 Å². The van der Waals surface area contributed by atoms with Crippen LogP contribution in [0.2, 0.25) is 0 Å². The molecule has 0 saturated heterocycles. The molecule has 0 bridgehead atoms. The van der Waals surface area contributed by atoms with E-state index in [2.05, 4.69) is 20.3 Å². The van der Waals surface area contributed by atoms with Crippen LogP contribution in [0, 0.1) is 5.92 Å². The second kappa shape index (κ2) is 8.58. The van der Waals surface area contributed by atoms with Gasteiger partial charge in [0.15, 0.2) is 11.5 Å². The highest BCUT2D eigenvalue weighted by molar-refractivity contribution is 6.09. The second-order valence-electron chi connectivity index (χ2n) is 10.1. The first kappa shape index (κ1) is 22.5. The lowest BCUT2D eigenvalue weighted by Gasteiger charge is -2.23. The number of nitrogen functional groups attached to an aromatic ring is 1. The molecule has 2 aliphatic rings. The molecular formula is C27H29N7O2. The quantitative estimate of drug-likeness (QED) is 0.387. The van der Waals surface area contributed by atoms with E-state index in [4.69, 9.17) is 10.7 Å². The van der Waals surface area contributed by atoms with Crippen molar-refractivity contribution < 1.29 is 9.90 Å². The summed E-state index contributed by atoms with van der Waals surface area (Å²) >= 11 is 0. The summed E-state index contributed by atoms with van der Waals surface area (Å²) in [4.78, 5) is 31.8. The van der Waals surface area contributed by atoms with Gasteiger partial charge in [-0.15, -0.1) is 0 Å². The monoisotopic (exact) mass is 483 g/mol. The van der Waals surface area contributed by atoms with Crippen molar-refractivity contribution in [2.24, 2.45) is 5.92 Å². The molecule has 0 unspecified atom stereocenters. The minimum Gasteiger partial charge on any atom is -0.508 e. The maximum atomic E-state index is 13.2. The number of hydrogen-bond donors (Lipinski definition) is 3. The second-order valence-corrected chi connectivity index (χ2v) is 10.1. The number of benzene rings is 1. The van der Waals surface area contributed by atoms with Crippen molar-refractivity contribution in [1.82, 2.24) is 24.3 Å². The molecule has 4 aromatic rings. The first-order valence-electron chi connectivity index (χ1n) is 12.6. The number of phenolic OH excluding ortho intramolecular Hbond substituents is 1. The Kier molecular flexibility index (Phi) is 5.35. The smallest absolute Gasteiger partial charge is 0.240 e. The Morgan fingerprint density at radius 1 is 1.19 bits per heavy atom. The van der Waals surface area contributed by atoms with Crippen LogP contribution in [0.4, 0.5) is 11.6 Å². The SMILES string of the molecule is C[C@@]1(c2cccc(O)c2)C(=O)Nc2nc(-c3cn4ccnc4c(CCC4CCCCC4)n3)nc(N)c21. The van der Waals surface area contributed by atoms with Crippen molar-refractivity contribution in [1.29, 1.82) is 0 Å². The van der Waals surface area contributed by atoms with Crippen LogP contribution in [0.25, 0.3) is 17.2 Å². The Hall–Kier alpha value is -4.01. The number of hydrogen-bond acceptors (Lipinski definition) is 7. The average Bonchev–Trinajstić information content (AvgIpc) is 3.46. The number of carbonyl (C=O) groups excluding carboxylic acids is 1. The molecule has 1 aliphatic carbocycles. The molecule has 4 N–H and O–H groups in total. The van der Waals surface area contributed by atoms with E-state index < -0.39 is 5.41 Å². The van der Waals surface area contributed by atoms with Crippen molar-refractivity contribution in [3.63, 3.8) is 0 Å². The number of anilines is 2. The normalized spacial score (nSPS) is 20.0. The van der Waals surface area contributed by atoms with Crippen molar-refractivity contribution in [2.75, 3.05) is 11.1 Å². The third-order valence-electron chi connectivity index (χ3n) is 7.73. The van der Waals surface area contributed by atoms with Gasteiger partial charge in [-0.25, -0.2) is 19.9 Å². The summed E-state index contributed by atoms with van der Waals surface area (Å²) in [5, 5.41) is 12.9. The van der Waals surface area contributed by atoms with Gasteiger partial charge in [-0.1, -0.05) is 44.2 Å². The number of amides is 1. The molecule has 36 heavy (non-hydrogen) atoms. The summed E-state index contributed by atoms with van der Waals surface area (Å²) in [6, 6.07) is 6.61.